The first-order chi connectivity index (χ1) is 29.6. The maximum atomic E-state index is 14.7. The number of Topliss-reactive ketones (excluding diaryl/α,β-unsaturated/α-hetero) is 1. The van der Waals surface area contributed by atoms with Crippen LogP contribution in [-0.2, 0) is 45.4 Å². The summed E-state index contributed by atoms with van der Waals surface area (Å²) in [6, 6.07) is 10.8. The molecule has 16 nitrogen and oxygen atoms in total. The fraction of sp³-hybridized carbons (Fsp3) is 0.522. The van der Waals surface area contributed by atoms with E-state index in [4.69, 9.17) is 5.11 Å². The number of nitrogens with zero attached hydrogens (tertiary/aromatic N) is 4. The fourth-order valence-corrected chi connectivity index (χ4v) is 9.96. The zero-order chi connectivity index (χ0) is 47.6. The van der Waals surface area contributed by atoms with E-state index in [2.05, 4.69) is 62.7 Å². The van der Waals surface area contributed by atoms with Gasteiger partial charge in [-0.2, -0.15) is 21.4 Å². The van der Waals surface area contributed by atoms with Crippen molar-refractivity contribution in [1.82, 2.24) is 15.5 Å². The summed E-state index contributed by atoms with van der Waals surface area (Å²) in [6.45, 7) is 10.7. The Bertz CT molecular complexity index is 2520. The van der Waals surface area contributed by atoms with Crippen LogP contribution in [0.15, 0.2) is 82.1 Å². The van der Waals surface area contributed by atoms with Gasteiger partial charge in [-0.05, 0) is 83.0 Å². The lowest BCUT2D eigenvalue weighted by Crippen LogP contribution is -2.51. The molecule has 5 N–H and O–H groups in total. The molecule has 0 fully saturated rings. The number of ketones is 1. The predicted octanol–water partition coefficient (Wildman–Crippen LogP) is 4.41. The van der Waals surface area contributed by atoms with Gasteiger partial charge < -0.3 is 30.0 Å². The molecule has 2 aliphatic heterocycles. The second-order valence-corrected chi connectivity index (χ2v) is 22.1. The fourth-order valence-electron chi connectivity index (χ4n) is 8.80. The Morgan fingerprint density at radius 3 is 2.23 bits per heavy atom. The van der Waals surface area contributed by atoms with Crippen LogP contribution in [0.2, 0.25) is 0 Å². The average molecular weight is 927 g/mol. The van der Waals surface area contributed by atoms with Gasteiger partial charge in [0.05, 0.1) is 49.3 Å². The Hall–Kier alpha value is -4.72. The summed E-state index contributed by atoms with van der Waals surface area (Å²) in [4.78, 5) is 43.3. The Balaban J connectivity index is 1.56. The van der Waals surface area contributed by atoms with Crippen LogP contribution in [-0.4, -0.2) is 148 Å². The van der Waals surface area contributed by atoms with Crippen molar-refractivity contribution in [2.45, 2.75) is 88.0 Å². The number of carboxylic acid groups (broad SMARTS) is 1. The number of benzene rings is 2. The van der Waals surface area contributed by atoms with E-state index in [0.29, 0.717) is 43.0 Å². The summed E-state index contributed by atoms with van der Waals surface area (Å²) in [5.41, 5.74) is 3.91. The van der Waals surface area contributed by atoms with Gasteiger partial charge in [0, 0.05) is 66.1 Å². The third-order valence-corrected chi connectivity index (χ3v) is 14.0. The van der Waals surface area contributed by atoms with Gasteiger partial charge in [-0.15, -0.1) is 0 Å². The lowest BCUT2D eigenvalue weighted by molar-refractivity contribution is -0.870. The van der Waals surface area contributed by atoms with Gasteiger partial charge in [-0.3, -0.25) is 23.5 Å². The molecule has 0 aromatic heterocycles. The first-order valence-corrected chi connectivity index (χ1v) is 24.7. The van der Waals surface area contributed by atoms with Crippen molar-refractivity contribution >= 4 is 55.0 Å². The highest BCUT2D eigenvalue weighted by atomic mass is 32.2. The molecule has 0 radical (unpaired) electrons. The highest BCUT2D eigenvalue weighted by Gasteiger charge is 2.47. The van der Waals surface area contributed by atoms with E-state index in [1.165, 1.54) is 12.1 Å². The summed E-state index contributed by atoms with van der Waals surface area (Å²) >= 11 is 0. The third-order valence-electron chi connectivity index (χ3n) is 12.4. The number of nitrogens with one attached hydrogen (secondary N) is 2. The molecule has 3 aliphatic rings. The normalized spacial score (nSPS) is 18.8. The van der Waals surface area contributed by atoms with E-state index < -0.39 is 54.7 Å². The van der Waals surface area contributed by atoms with Crippen molar-refractivity contribution in [2.24, 2.45) is 0 Å². The van der Waals surface area contributed by atoms with Crippen molar-refractivity contribution in [3.05, 3.63) is 88.3 Å². The molecular weight excluding hydrogens is 861 g/mol. The van der Waals surface area contributed by atoms with Gasteiger partial charge in [0.15, 0.2) is 11.5 Å². The maximum absolute atomic E-state index is 14.7. The number of para-hydroxylation sites is 1. The number of rotatable bonds is 22. The van der Waals surface area contributed by atoms with Crippen LogP contribution < -0.4 is 15.5 Å². The molecule has 64 heavy (non-hydrogen) atoms. The zero-order valence-corrected chi connectivity index (χ0v) is 40.2. The standard InChI is InChI=1S/C46H64N6O10S2/c1-45(2)34-17-12-13-18-38(34)51(24-15-16-26-52(7,8)9)40(45)29-33-42(48-36(30-63(57,58)59)44(56)47-22-25-49(5)23-14-10-11-19-41(53)54)32(43(33)55)28-39-46(3,4)35-27-31(64(60,61)62)20-21-37(35)50(39)6/h12-13,17-18,20-21,27-29,36H,10-11,14-16,19,22-26,30H2,1-9H3,(H3-2,47,48,53,54,55,56,57,58,59,60,61,62)/p+2. The predicted molar refractivity (Wildman–Crippen MR) is 247 cm³/mol. The number of allylic oxidation sites excluding steroid dienone is 5. The summed E-state index contributed by atoms with van der Waals surface area (Å²) in [5.74, 6) is -2.91. The third kappa shape index (κ3) is 11.7. The summed E-state index contributed by atoms with van der Waals surface area (Å²) in [6.07, 6.45) is 7.45. The number of hydrogen-bond donors (Lipinski definition) is 5. The molecule has 1 aliphatic carbocycles. The van der Waals surface area contributed by atoms with Crippen molar-refractivity contribution in [1.29, 1.82) is 0 Å². The van der Waals surface area contributed by atoms with Crippen molar-refractivity contribution in [3.63, 3.8) is 0 Å². The number of aliphatic carboxylic acids is 1. The van der Waals surface area contributed by atoms with E-state index in [9.17, 15) is 40.3 Å². The van der Waals surface area contributed by atoms with Crippen LogP contribution in [0.3, 0.4) is 0 Å². The zero-order valence-electron chi connectivity index (χ0n) is 38.6. The Morgan fingerprint density at radius 2 is 1.59 bits per heavy atom. The van der Waals surface area contributed by atoms with Crippen LogP contribution in [0.1, 0.15) is 77.3 Å². The lowest BCUT2D eigenvalue weighted by atomic mass is 9.76. The van der Waals surface area contributed by atoms with E-state index in [1.807, 2.05) is 48.6 Å². The summed E-state index contributed by atoms with van der Waals surface area (Å²) < 4.78 is 71.9. The molecule has 1 unspecified atom stereocenters. The number of unbranched alkanes of at least 4 members (excludes halogenated alkanes) is 3. The molecule has 5 rings (SSSR count). The maximum Gasteiger partial charge on any atom is 0.303 e. The smallest absolute Gasteiger partial charge is 0.303 e. The first kappa shape index (κ1) is 50.3. The molecule has 2 aromatic carbocycles. The van der Waals surface area contributed by atoms with Crippen LogP contribution in [0.5, 0.6) is 0 Å². The van der Waals surface area contributed by atoms with Crippen molar-refractivity contribution in [3.8, 4) is 0 Å². The van der Waals surface area contributed by atoms with Crippen LogP contribution in [0.25, 0.3) is 0 Å². The molecule has 0 bridgehead atoms. The summed E-state index contributed by atoms with van der Waals surface area (Å²) in [7, 11) is 0.817. The monoisotopic (exact) mass is 926 g/mol. The van der Waals surface area contributed by atoms with Gasteiger partial charge >= 0.3 is 5.97 Å². The summed E-state index contributed by atoms with van der Waals surface area (Å²) in [5, 5.41) is 14.8. The van der Waals surface area contributed by atoms with Crippen LogP contribution >= 0.6 is 0 Å². The Kier molecular flexibility index (Phi) is 15.2. The number of carboxylic acids is 1. The molecule has 18 heteroatoms. The molecular formula is C46H66N6O10S2+2. The van der Waals surface area contributed by atoms with Crippen LogP contribution in [0.4, 0.5) is 11.4 Å². The van der Waals surface area contributed by atoms with Gasteiger partial charge in [-0.25, -0.2) is 0 Å². The van der Waals surface area contributed by atoms with Crippen molar-refractivity contribution in [2.75, 3.05) is 78.6 Å². The Labute approximate surface area is 378 Å². The number of anilines is 1. The number of carbonyl (C=O) groups excluding carboxylic acids is 2. The lowest BCUT2D eigenvalue weighted by Gasteiger charge is -2.32. The molecule has 2 aromatic rings. The van der Waals surface area contributed by atoms with Gasteiger partial charge in [-0.1, -0.05) is 38.5 Å². The highest BCUT2D eigenvalue weighted by Crippen LogP contribution is 2.49. The molecule has 1 atom stereocenters. The van der Waals surface area contributed by atoms with Crippen molar-refractivity contribution < 1.29 is 54.5 Å². The number of hydrogen-bond acceptors (Lipinski definition) is 10. The molecule has 1 amide bonds. The number of carbonyl (C=O) groups is 3. The van der Waals surface area contributed by atoms with E-state index in [1.54, 1.807) is 19.2 Å². The SMILES string of the molecule is CN(CCCCCC(=O)O)CCNC(=O)C(CS(=O)(=O)O)NC1=C(/C=C2/N(CCCC[N+](C)(C)C)c3ccccc3C2(C)C)C(=O)/C1=C\C1=[N+](C)c2ccc(S(=O)(=O)O)cc2C1(C)C. The average Bonchev–Trinajstić information content (AvgIpc) is 3.51. The molecule has 0 saturated carbocycles. The van der Waals surface area contributed by atoms with Gasteiger partial charge in [0.2, 0.25) is 11.6 Å². The van der Waals surface area contributed by atoms with Gasteiger partial charge in [0.1, 0.15) is 18.8 Å². The van der Waals surface area contributed by atoms with Crippen LogP contribution in [0, 0.1) is 0 Å². The minimum absolute atomic E-state index is 0.0971. The molecule has 2 heterocycles. The second kappa shape index (κ2) is 19.4. The van der Waals surface area contributed by atoms with E-state index in [-0.39, 0.29) is 40.5 Å². The Morgan fingerprint density at radius 1 is 0.906 bits per heavy atom. The van der Waals surface area contributed by atoms with Gasteiger partial charge in [0.25, 0.3) is 20.2 Å². The molecule has 0 spiro atoms. The number of quaternary nitrogens is 1. The van der Waals surface area contributed by atoms with E-state index >= 15 is 0 Å². The largest absolute Gasteiger partial charge is 0.481 e. The molecule has 0 saturated heterocycles. The first-order valence-electron chi connectivity index (χ1n) is 21.7. The molecule has 350 valence electrons. The van der Waals surface area contributed by atoms with E-state index in [0.717, 1.165) is 53.7 Å². The quantitative estimate of drug-likeness (QED) is 0.0365. The number of amides is 1. The number of fused-ring (bicyclic) bond motifs is 2. The highest BCUT2D eigenvalue weighted by molar-refractivity contribution is 7.86. The second-order valence-electron chi connectivity index (χ2n) is 19.2. The topological polar surface area (TPSA) is 214 Å². The minimum Gasteiger partial charge on any atom is -0.481 e. The number of likely N-dealkylation sites (N-methyl/N-ethyl adjacent to an activating group) is 1. The minimum atomic E-state index is -4.73.